The molecular formula is C24H19Cl2NO4S. The number of amides is 2. The Morgan fingerprint density at radius 1 is 1.06 bits per heavy atom. The molecule has 0 spiro atoms. The molecule has 0 saturated carbocycles. The molecule has 8 heteroatoms. The monoisotopic (exact) mass is 487 g/mol. The number of ether oxygens (including phenoxy) is 1. The number of aryl methyl sites for hydroxylation is 2. The summed E-state index contributed by atoms with van der Waals surface area (Å²) in [4.78, 5) is 26.6. The SMILES string of the molecule is Cc1ccc(C)c(OCCN2C(=O)S/C(=C\c3ccc(-c4cc(Cl)ccc4Cl)o3)C2=O)c1. The minimum atomic E-state index is -0.372. The van der Waals surface area contributed by atoms with E-state index in [1.165, 1.54) is 4.90 Å². The second-order valence-electron chi connectivity index (χ2n) is 7.28. The Morgan fingerprint density at radius 2 is 1.88 bits per heavy atom. The fourth-order valence-electron chi connectivity index (χ4n) is 3.19. The van der Waals surface area contributed by atoms with Gasteiger partial charge in [0.1, 0.15) is 23.9 Å². The molecule has 2 heterocycles. The van der Waals surface area contributed by atoms with Crippen molar-refractivity contribution in [1.29, 1.82) is 0 Å². The quantitative estimate of drug-likeness (QED) is 0.350. The summed E-state index contributed by atoms with van der Waals surface area (Å²) < 4.78 is 11.6. The van der Waals surface area contributed by atoms with Crippen molar-refractivity contribution >= 4 is 52.2 Å². The molecule has 4 rings (SSSR count). The van der Waals surface area contributed by atoms with Gasteiger partial charge in [0.2, 0.25) is 0 Å². The van der Waals surface area contributed by atoms with Crippen LogP contribution in [0.5, 0.6) is 5.75 Å². The van der Waals surface area contributed by atoms with Crippen LogP contribution < -0.4 is 4.74 Å². The zero-order valence-corrected chi connectivity index (χ0v) is 19.7. The van der Waals surface area contributed by atoms with Crippen molar-refractivity contribution in [3.63, 3.8) is 0 Å². The third kappa shape index (κ3) is 4.88. The first kappa shape index (κ1) is 22.5. The summed E-state index contributed by atoms with van der Waals surface area (Å²) in [6, 6.07) is 14.5. The lowest BCUT2D eigenvalue weighted by Gasteiger charge is -2.14. The number of imide groups is 1. The lowest BCUT2D eigenvalue weighted by atomic mass is 10.1. The number of carbonyl (C=O) groups is 2. The minimum absolute atomic E-state index is 0.164. The number of rotatable bonds is 6. The van der Waals surface area contributed by atoms with Crippen LogP contribution in [0.4, 0.5) is 4.79 Å². The lowest BCUT2D eigenvalue weighted by molar-refractivity contribution is -0.123. The van der Waals surface area contributed by atoms with Crippen LogP contribution in [0.1, 0.15) is 16.9 Å². The van der Waals surface area contributed by atoms with Crippen LogP contribution in [0.2, 0.25) is 10.0 Å². The van der Waals surface area contributed by atoms with Crippen molar-refractivity contribution in [1.82, 2.24) is 4.90 Å². The zero-order valence-electron chi connectivity index (χ0n) is 17.4. The molecule has 32 heavy (non-hydrogen) atoms. The highest BCUT2D eigenvalue weighted by Gasteiger charge is 2.35. The minimum Gasteiger partial charge on any atom is -0.491 e. The maximum absolute atomic E-state index is 12.7. The number of nitrogens with zero attached hydrogens (tertiary/aromatic N) is 1. The van der Waals surface area contributed by atoms with Crippen LogP contribution in [0, 0.1) is 13.8 Å². The van der Waals surface area contributed by atoms with Crippen molar-refractivity contribution < 1.29 is 18.7 Å². The van der Waals surface area contributed by atoms with Gasteiger partial charge in [-0.05, 0) is 73.1 Å². The third-order valence-electron chi connectivity index (χ3n) is 4.88. The van der Waals surface area contributed by atoms with Gasteiger partial charge in [-0.3, -0.25) is 14.5 Å². The fourth-order valence-corrected chi connectivity index (χ4v) is 4.42. The Bertz CT molecular complexity index is 1230. The number of thioether (sulfide) groups is 1. The van der Waals surface area contributed by atoms with Crippen LogP contribution in [-0.2, 0) is 4.79 Å². The van der Waals surface area contributed by atoms with E-state index >= 15 is 0 Å². The lowest BCUT2D eigenvalue weighted by Crippen LogP contribution is -2.32. The molecule has 1 aromatic heterocycles. The number of halogens is 2. The molecule has 1 aliphatic rings. The maximum Gasteiger partial charge on any atom is 0.293 e. The summed E-state index contributed by atoms with van der Waals surface area (Å²) in [5, 5.41) is 0.696. The summed E-state index contributed by atoms with van der Waals surface area (Å²) in [5.41, 5.74) is 2.73. The Hall–Kier alpha value is -2.67. The van der Waals surface area contributed by atoms with Crippen molar-refractivity contribution in [3.05, 3.63) is 80.4 Å². The van der Waals surface area contributed by atoms with E-state index in [0.717, 1.165) is 28.6 Å². The number of hydrogen-bond donors (Lipinski definition) is 0. The first-order chi connectivity index (χ1) is 15.3. The predicted octanol–water partition coefficient (Wildman–Crippen LogP) is 6.99. The Labute approximate surface area is 199 Å². The van der Waals surface area contributed by atoms with Crippen molar-refractivity contribution in [2.24, 2.45) is 0 Å². The van der Waals surface area contributed by atoms with Gasteiger partial charge in [0.05, 0.1) is 16.5 Å². The first-order valence-electron chi connectivity index (χ1n) is 9.82. The molecule has 3 aromatic rings. The van der Waals surface area contributed by atoms with Gasteiger partial charge in [0.25, 0.3) is 11.1 Å². The highest BCUT2D eigenvalue weighted by molar-refractivity contribution is 8.18. The van der Waals surface area contributed by atoms with Gasteiger partial charge in [0.15, 0.2) is 0 Å². The number of carbonyl (C=O) groups excluding carboxylic acids is 2. The van der Waals surface area contributed by atoms with Gasteiger partial charge in [0, 0.05) is 16.7 Å². The Balaban J connectivity index is 1.44. The summed E-state index contributed by atoms with van der Waals surface area (Å²) in [6.07, 6.45) is 1.55. The van der Waals surface area contributed by atoms with Crippen molar-refractivity contribution in [2.75, 3.05) is 13.2 Å². The van der Waals surface area contributed by atoms with E-state index in [1.807, 2.05) is 32.0 Å². The van der Waals surface area contributed by atoms with Crippen molar-refractivity contribution in [2.45, 2.75) is 13.8 Å². The van der Waals surface area contributed by atoms with Crippen LogP contribution in [0.3, 0.4) is 0 Å². The highest BCUT2D eigenvalue weighted by Crippen LogP contribution is 2.35. The molecule has 0 radical (unpaired) electrons. The van der Waals surface area contributed by atoms with Gasteiger partial charge in [-0.1, -0.05) is 35.3 Å². The molecule has 5 nitrogen and oxygen atoms in total. The second-order valence-corrected chi connectivity index (χ2v) is 9.11. The molecule has 0 unspecified atom stereocenters. The van der Waals surface area contributed by atoms with Crippen LogP contribution >= 0.6 is 35.0 Å². The second kappa shape index (κ2) is 9.45. The molecule has 0 N–H and O–H groups in total. The van der Waals surface area contributed by atoms with Crippen LogP contribution in [0.15, 0.2) is 57.9 Å². The van der Waals surface area contributed by atoms with E-state index in [9.17, 15) is 9.59 Å². The Kier molecular flexibility index (Phi) is 6.65. The molecule has 0 aliphatic carbocycles. The van der Waals surface area contributed by atoms with Gasteiger partial charge < -0.3 is 9.15 Å². The summed E-state index contributed by atoms with van der Waals surface area (Å²) in [7, 11) is 0. The summed E-state index contributed by atoms with van der Waals surface area (Å²) in [6.45, 7) is 4.31. The van der Waals surface area contributed by atoms with Gasteiger partial charge in [-0.2, -0.15) is 0 Å². The molecule has 1 fully saturated rings. The highest BCUT2D eigenvalue weighted by atomic mass is 35.5. The normalized spacial score (nSPS) is 15.1. The smallest absolute Gasteiger partial charge is 0.293 e. The van der Waals surface area contributed by atoms with Gasteiger partial charge >= 0.3 is 0 Å². The standard InChI is InChI=1S/C24H19Cl2NO4S/c1-14-3-4-15(2)21(11-14)30-10-9-27-23(28)22(32-24(27)29)13-17-6-8-20(31-17)18-12-16(25)5-7-19(18)26/h3-8,11-13H,9-10H2,1-2H3/b22-13-. The fraction of sp³-hybridized carbons (Fsp3) is 0.167. The first-order valence-corrected chi connectivity index (χ1v) is 11.4. The summed E-state index contributed by atoms with van der Waals surface area (Å²) in [5.74, 6) is 1.33. The Morgan fingerprint density at radius 3 is 2.69 bits per heavy atom. The summed E-state index contributed by atoms with van der Waals surface area (Å²) >= 11 is 13.1. The molecule has 0 bridgehead atoms. The van der Waals surface area contributed by atoms with Crippen LogP contribution in [-0.4, -0.2) is 29.2 Å². The molecule has 164 valence electrons. The van der Waals surface area contributed by atoms with E-state index in [0.29, 0.717) is 32.0 Å². The van der Waals surface area contributed by atoms with E-state index < -0.39 is 0 Å². The van der Waals surface area contributed by atoms with Crippen LogP contribution in [0.25, 0.3) is 17.4 Å². The topological polar surface area (TPSA) is 59.8 Å². The molecule has 1 aliphatic heterocycles. The van der Waals surface area contributed by atoms with Gasteiger partial charge in [-0.15, -0.1) is 0 Å². The molecular weight excluding hydrogens is 469 g/mol. The molecule has 0 atom stereocenters. The van der Waals surface area contributed by atoms with E-state index in [1.54, 1.807) is 36.4 Å². The molecule has 2 aromatic carbocycles. The largest absolute Gasteiger partial charge is 0.491 e. The molecule has 1 saturated heterocycles. The number of furan rings is 1. The average molecular weight is 488 g/mol. The van der Waals surface area contributed by atoms with Gasteiger partial charge in [-0.25, -0.2) is 0 Å². The van der Waals surface area contributed by atoms with Crippen molar-refractivity contribution in [3.8, 4) is 17.1 Å². The molecule has 2 amide bonds. The van der Waals surface area contributed by atoms with E-state index in [4.69, 9.17) is 32.4 Å². The number of hydrogen-bond acceptors (Lipinski definition) is 5. The third-order valence-corrected chi connectivity index (χ3v) is 6.36. The maximum atomic E-state index is 12.7. The average Bonchev–Trinajstić information content (AvgIpc) is 3.32. The van der Waals surface area contributed by atoms with E-state index in [-0.39, 0.29) is 24.3 Å². The number of benzene rings is 2. The zero-order chi connectivity index (χ0) is 22.8. The van der Waals surface area contributed by atoms with E-state index in [2.05, 4.69) is 0 Å². The predicted molar refractivity (Wildman–Crippen MR) is 128 cm³/mol.